The maximum Gasteiger partial charge on any atom is 0.250 e. The average Bonchev–Trinajstić information content (AvgIpc) is 2.23. The van der Waals surface area contributed by atoms with Crippen LogP contribution in [0, 0.1) is 5.82 Å². The maximum absolute atomic E-state index is 13.5. The smallest absolute Gasteiger partial charge is 0.250 e. The lowest BCUT2D eigenvalue weighted by Gasteiger charge is -2.13. The highest BCUT2D eigenvalue weighted by Crippen LogP contribution is 2.19. The summed E-state index contributed by atoms with van der Waals surface area (Å²) in [5.41, 5.74) is 0.346. The first-order chi connectivity index (χ1) is 7.06. The van der Waals surface area contributed by atoms with Crippen LogP contribution in [0.5, 0.6) is 0 Å². The van der Waals surface area contributed by atoms with Crippen molar-refractivity contribution >= 4 is 21.8 Å². The van der Waals surface area contributed by atoms with E-state index in [1.165, 1.54) is 14.2 Å². The third-order valence-corrected chi connectivity index (χ3v) is 2.61. The van der Waals surface area contributed by atoms with Crippen LogP contribution in [0.15, 0.2) is 22.7 Å². The molecule has 0 spiro atoms. The summed E-state index contributed by atoms with van der Waals surface area (Å²) in [6.45, 7) is 0. The molecule has 3 nitrogen and oxygen atoms in total. The molecule has 0 aromatic heterocycles. The number of hydrogen-bond donors (Lipinski definition) is 0. The van der Waals surface area contributed by atoms with Gasteiger partial charge in [0.25, 0.3) is 0 Å². The van der Waals surface area contributed by atoms with Crippen LogP contribution < -0.4 is 0 Å². The van der Waals surface area contributed by atoms with Gasteiger partial charge in [-0.15, -0.1) is 0 Å². The van der Waals surface area contributed by atoms with Gasteiger partial charge in [0.1, 0.15) is 5.82 Å². The summed E-state index contributed by atoms with van der Waals surface area (Å²) >= 11 is 3.06. The normalized spacial score (nSPS) is 10.1. The van der Waals surface area contributed by atoms with Gasteiger partial charge >= 0.3 is 0 Å². The van der Waals surface area contributed by atoms with Crippen molar-refractivity contribution in [3.8, 4) is 0 Å². The molecule has 0 atom stereocenters. The Morgan fingerprint density at radius 1 is 1.60 bits per heavy atom. The number of nitrogens with zero attached hydrogens (tertiary/aromatic N) is 1. The van der Waals surface area contributed by atoms with E-state index in [1.807, 2.05) is 0 Å². The van der Waals surface area contributed by atoms with E-state index >= 15 is 0 Å². The molecule has 0 heterocycles. The van der Waals surface area contributed by atoms with Crippen LogP contribution in [-0.4, -0.2) is 25.1 Å². The quantitative estimate of drug-likeness (QED) is 0.792. The summed E-state index contributed by atoms with van der Waals surface area (Å²) in [6, 6.07) is 4.84. The topological polar surface area (TPSA) is 29.5 Å². The molecular weight excluding hydrogens is 265 g/mol. The molecule has 0 bridgehead atoms. The fourth-order valence-corrected chi connectivity index (χ4v) is 1.47. The molecule has 0 N–H and O–H groups in total. The Bertz CT molecular complexity index is 370. The lowest BCUT2D eigenvalue weighted by Crippen LogP contribution is -2.27. The molecule has 0 unspecified atom stereocenters. The van der Waals surface area contributed by atoms with Crippen molar-refractivity contribution in [2.24, 2.45) is 0 Å². The van der Waals surface area contributed by atoms with Crippen molar-refractivity contribution in [3.63, 3.8) is 0 Å². The van der Waals surface area contributed by atoms with Gasteiger partial charge in [0.05, 0.1) is 18.0 Å². The van der Waals surface area contributed by atoms with Crippen molar-refractivity contribution in [2.45, 2.75) is 6.42 Å². The third kappa shape index (κ3) is 3.00. The van der Waals surface area contributed by atoms with Gasteiger partial charge in [-0.2, -0.15) is 0 Å². The Kier molecular flexibility index (Phi) is 4.23. The van der Waals surface area contributed by atoms with E-state index < -0.39 is 5.82 Å². The monoisotopic (exact) mass is 275 g/mol. The summed E-state index contributed by atoms with van der Waals surface area (Å²) in [5.74, 6) is -0.704. The minimum Gasteiger partial charge on any atom is -0.275 e. The summed E-state index contributed by atoms with van der Waals surface area (Å²) in [6.07, 6.45) is -0.0182. The van der Waals surface area contributed by atoms with E-state index in [4.69, 9.17) is 4.84 Å². The number of likely N-dealkylation sites (N-methyl/N-ethyl adjacent to an activating group) is 1. The predicted molar refractivity (Wildman–Crippen MR) is 57.6 cm³/mol. The number of hydrogen-bond acceptors (Lipinski definition) is 2. The molecule has 0 saturated carbocycles. The fraction of sp³-hybridized carbons (Fsp3) is 0.300. The van der Waals surface area contributed by atoms with E-state index in [9.17, 15) is 9.18 Å². The number of hydroxylamine groups is 2. The summed E-state index contributed by atoms with van der Waals surface area (Å²) in [7, 11) is 2.87. The first-order valence-electron chi connectivity index (χ1n) is 4.29. The van der Waals surface area contributed by atoms with Crippen LogP contribution in [0.25, 0.3) is 0 Å². The molecule has 0 fully saturated rings. The maximum atomic E-state index is 13.5. The second kappa shape index (κ2) is 5.23. The summed E-state index contributed by atoms with van der Waals surface area (Å²) < 4.78 is 13.8. The van der Waals surface area contributed by atoms with Gasteiger partial charge in [0.15, 0.2) is 0 Å². The van der Waals surface area contributed by atoms with Crippen molar-refractivity contribution in [1.82, 2.24) is 5.06 Å². The highest BCUT2D eigenvalue weighted by atomic mass is 79.9. The highest BCUT2D eigenvalue weighted by Gasteiger charge is 2.13. The van der Waals surface area contributed by atoms with Crippen molar-refractivity contribution in [1.29, 1.82) is 0 Å². The molecular formula is C10H11BrFNO2. The second-order valence-electron chi connectivity index (χ2n) is 2.96. The van der Waals surface area contributed by atoms with E-state index in [-0.39, 0.29) is 12.3 Å². The van der Waals surface area contributed by atoms with Gasteiger partial charge in [-0.1, -0.05) is 12.1 Å². The van der Waals surface area contributed by atoms with Gasteiger partial charge in [-0.25, -0.2) is 9.45 Å². The molecule has 1 aromatic rings. The number of amides is 1. The van der Waals surface area contributed by atoms with Gasteiger partial charge in [0.2, 0.25) is 5.91 Å². The molecule has 15 heavy (non-hydrogen) atoms. The Hall–Kier alpha value is -0.940. The Labute approximate surface area is 95.9 Å². The van der Waals surface area contributed by atoms with Crippen LogP contribution in [0.1, 0.15) is 5.56 Å². The van der Waals surface area contributed by atoms with E-state index in [1.54, 1.807) is 18.2 Å². The molecule has 1 amide bonds. The first-order valence-corrected chi connectivity index (χ1v) is 5.09. The third-order valence-electron chi connectivity index (χ3n) is 2.00. The molecule has 0 saturated heterocycles. The molecule has 0 aliphatic carbocycles. The Morgan fingerprint density at radius 3 is 2.87 bits per heavy atom. The zero-order valence-corrected chi connectivity index (χ0v) is 10.0. The number of carbonyl (C=O) groups excluding carboxylic acids is 1. The molecule has 0 aliphatic rings. The van der Waals surface area contributed by atoms with Crippen LogP contribution in [0.3, 0.4) is 0 Å². The average molecular weight is 276 g/mol. The van der Waals surface area contributed by atoms with Crippen LogP contribution in [0.4, 0.5) is 4.39 Å². The van der Waals surface area contributed by atoms with Crippen LogP contribution in [0.2, 0.25) is 0 Å². The SMILES string of the molecule is CON(C)C(=O)Cc1cccc(Br)c1F. The molecule has 82 valence electrons. The van der Waals surface area contributed by atoms with Gasteiger partial charge < -0.3 is 0 Å². The first kappa shape index (κ1) is 12.1. The van der Waals surface area contributed by atoms with E-state index in [0.29, 0.717) is 10.0 Å². The number of halogens is 2. The second-order valence-corrected chi connectivity index (χ2v) is 3.82. The van der Waals surface area contributed by atoms with E-state index in [0.717, 1.165) is 5.06 Å². The summed E-state index contributed by atoms with van der Waals surface area (Å²) in [4.78, 5) is 16.1. The number of rotatable bonds is 3. The van der Waals surface area contributed by atoms with Gasteiger partial charge in [-0.05, 0) is 27.6 Å². The fourth-order valence-electron chi connectivity index (χ4n) is 1.06. The van der Waals surface area contributed by atoms with Crippen molar-refractivity contribution in [2.75, 3.05) is 14.2 Å². The summed E-state index contributed by atoms with van der Waals surface area (Å²) in [5, 5.41) is 1.07. The zero-order chi connectivity index (χ0) is 11.4. The number of carbonyl (C=O) groups is 1. The standard InChI is InChI=1S/C10H11BrFNO2/c1-13(15-2)9(14)6-7-4-3-5-8(11)10(7)12/h3-5H,6H2,1-2H3. The lowest BCUT2D eigenvalue weighted by atomic mass is 10.1. The zero-order valence-electron chi connectivity index (χ0n) is 8.46. The minimum absolute atomic E-state index is 0.0182. The van der Waals surface area contributed by atoms with Gasteiger partial charge in [0, 0.05) is 7.05 Å². The van der Waals surface area contributed by atoms with E-state index in [2.05, 4.69) is 15.9 Å². The Balaban J connectivity index is 2.81. The molecule has 0 aliphatic heterocycles. The largest absolute Gasteiger partial charge is 0.275 e. The lowest BCUT2D eigenvalue weighted by molar-refractivity contribution is -0.167. The molecule has 0 radical (unpaired) electrons. The Morgan fingerprint density at radius 2 is 2.27 bits per heavy atom. The minimum atomic E-state index is -0.407. The predicted octanol–water partition coefficient (Wildman–Crippen LogP) is 2.15. The van der Waals surface area contributed by atoms with Gasteiger partial charge in [-0.3, -0.25) is 9.63 Å². The molecule has 1 rings (SSSR count). The van der Waals surface area contributed by atoms with Crippen LogP contribution in [-0.2, 0) is 16.1 Å². The number of benzene rings is 1. The van der Waals surface area contributed by atoms with Crippen molar-refractivity contribution in [3.05, 3.63) is 34.1 Å². The highest BCUT2D eigenvalue weighted by molar-refractivity contribution is 9.10. The van der Waals surface area contributed by atoms with Crippen LogP contribution >= 0.6 is 15.9 Å². The molecule has 5 heteroatoms. The molecule has 1 aromatic carbocycles. The van der Waals surface area contributed by atoms with Crippen molar-refractivity contribution < 1.29 is 14.0 Å².